The van der Waals surface area contributed by atoms with Gasteiger partial charge in [-0.25, -0.2) is 0 Å². The quantitative estimate of drug-likeness (QED) is 0.0263. The Morgan fingerprint density at radius 3 is 0.898 bits per heavy atom. The van der Waals surface area contributed by atoms with Gasteiger partial charge in [-0.05, 0) is 38.5 Å². The van der Waals surface area contributed by atoms with Crippen LogP contribution in [-0.2, 0) is 28.6 Å². The van der Waals surface area contributed by atoms with Gasteiger partial charge in [0, 0.05) is 19.3 Å². The first kappa shape index (κ1) is 57.1. The number of esters is 3. The maximum absolute atomic E-state index is 12.8. The molecule has 0 aliphatic heterocycles. The molecule has 0 aromatic rings. The van der Waals surface area contributed by atoms with Crippen molar-refractivity contribution in [2.75, 3.05) is 13.2 Å². The lowest BCUT2D eigenvalue weighted by atomic mass is 10.0. The molecule has 0 saturated carbocycles. The molecule has 0 heterocycles. The van der Waals surface area contributed by atoms with Crippen molar-refractivity contribution in [3.63, 3.8) is 0 Å². The lowest BCUT2D eigenvalue weighted by Gasteiger charge is -2.18. The maximum atomic E-state index is 12.8. The largest absolute Gasteiger partial charge is 0.462 e. The van der Waals surface area contributed by atoms with Gasteiger partial charge < -0.3 is 14.2 Å². The van der Waals surface area contributed by atoms with Gasteiger partial charge in [-0.15, -0.1) is 0 Å². The minimum atomic E-state index is -0.766. The Hall–Kier alpha value is -1.85. The van der Waals surface area contributed by atoms with Crippen LogP contribution < -0.4 is 0 Å². The Kier molecular flexibility index (Phi) is 47.3. The van der Waals surface area contributed by atoms with E-state index < -0.39 is 6.10 Å². The van der Waals surface area contributed by atoms with Crippen molar-refractivity contribution in [1.29, 1.82) is 0 Å². The summed E-state index contributed by atoms with van der Waals surface area (Å²) in [5.74, 6) is -0.860. The monoisotopic (exact) mass is 833 g/mol. The van der Waals surface area contributed by atoms with E-state index in [4.69, 9.17) is 14.2 Å². The maximum Gasteiger partial charge on any atom is 0.306 e. The van der Waals surface area contributed by atoms with Crippen LogP contribution in [0.25, 0.3) is 0 Å². The van der Waals surface area contributed by atoms with Crippen molar-refractivity contribution < 1.29 is 28.6 Å². The zero-order valence-corrected chi connectivity index (χ0v) is 39.8. The average molecular weight is 833 g/mol. The van der Waals surface area contributed by atoms with Gasteiger partial charge in [0.1, 0.15) is 13.2 Å². The summed E-state index contributed by atoms with van der Waals surface area (Å²) in [6, 6.07) is 0. The van der Waals surface area contributed by atoms with Crippen LogP contribution in [0.15, 0.2) is 12.2 Å². The first-order chi connectivity index (χ1) is 29.0. The van der Waals surface area contributed by atoms with Gasteiger partial charge in [0.25, 0.3) is 0 Å². The van der Waals surface area contributed by atoms with Crippen molar-refractivity contribution >= 4 is 17.9 Å². The second-order valence-electron chi connectivity index (χ2n) is 17.8. The highest BCUT2D eigenvalue weighted by atomic mass is 16.6. The Labute approximate surface area is 367 Å². The molecule has 0 saturated heterocycles. The summed E-state index contributed by atoms with van der Waals surface area (Å²) < 4.78 is 16.8. The van der Waals surface area contributed by atoms with E-state index in [0.29, 0.717) is 19.3 Å². The molecular weight excluding hydrogens is 733 g/mol. The fraction of sp³-hybridized carbons (Fsp3) is 0.906. The van der Waals surface area contributed by atoms with Crippen LogP contribution in [0.1, 0.15) is 290 Å². The summed E-state index contributed by atoms with van der Waals surface area (Å²) in [6.45, 7) is 6.63. The van der Waals surface area contributed by atoms with Gasteiger partial charge in [0.05, 0.1) is 0 Å². The van der Waals surface area contributed by atoms with Crippen molar-refractivity contribution in [2.24, 2.45) is 0 Å². The summed E-state index contributed by atoms with van der Waals surface area (Å²) in [7, 11) is 0. The summed E-state index contributed by atoms with van der Waals surface area (Å²) in [5, 5.41) is 0. The number of hydrogen-bond donors (Lipinski definition) is 0. The molecule has 0 aromatic heterocycles. The second-order valence-corrected chi connectivity index (χ2v) is 17.8. The molecule has 1 atom stereocenters. The Morgan fingerprint density at radius 1 is 0.322 bits per heavy atom. The zero-order chi connectivity index (χ0) is 43.0. The molecule has 0 aromatic carbocycles. The van der Waals surface area contributed by atoms with E-state index in [9.17, 15) is 14.4 Å². The molecule has 0 aliphatic rings. The van der Waals surface area contributed by atoms with Gasteiger partial charge in [-0.1, -0.05) is 245 Å². The van der Waals surface area contributed by atoms with Gasteiger partial charge in [0.2, 0.25) is 0 Å². The summed E-state index contributed by atoms with van der Waals surface area (Å²) >= 11 is 0. The van der Waals surface area contributed by atoms with Crippen LogP contribution in [0.3, 0.4) is 0 Å². The predicted octanol–water partition coefficient (Wildman–Crippen LogP) is 17.0. The first-order valence-corrected chi connectivity index (χ1v) is 26.2. The summed E-state index contributed by atoms with van der Waals surface area (Å²) in [6.07, 6.45) is 53.4. The van der Waals surface area contributed by atoms with Crippen LogP contribution in [-0.4, -0.2) is 37.2 Å². The normalized spacial score (nSPS) is 12.0. The molecule has 0 amide bonds. The Bertz CT molecular complexity index is 916. The second kappa shape index (κ2) is 48.8. The summed E-state index contributed by atoms with van der Waals surface area (Å²) in [4.78, 5) is 37.9. The Balaban J connectivity index is 4.30. The predicted molar refractivity (Wildman–Crippen MR) is 252 cm³/mol. The number of ether oxygens (including phenoxy) is 3. The third kappa shape index (κ3) is 47.1. The number of allylic oxidation sites excluding steroid dienone is 2. The Morgan fingerprint density at radius 2 is 0.576 bits per heavy atom. The SMILES string of the molecule is CCCC/C=C\CCCCCCCC(=O)OC[C@H](COC(=O)CCCCCCCCCCCCCCCCCC)OC(=O)CCCCCCCCCCCCCCCC. The lowest BCUT2D eigenvalue weighted by molar-refractivity contribution is -0.167. The highest BCUT2D eigenvalue weighted by molar-refractivity contribution is 5.71. The van der Waals surface area contributed by atoms with Gasteiger partial charge >= 0.3 is 17.9 Å². The number of rotatable bonds is 48. The van der Waals surface area contributed by atoms with Crippen LogP contribution in [0.5, 0.6) is 0 Å². The van der Waals surface area contributed by atoms with Crippen LogP contribution in [0, 0.1) is 0 Å². The molecule has 348 valence electrons. The molecule has 0 bridgehead atoms. The van der Waals surface area contributed by atoms with E-state index in [0.717, 1.165) is 64.2 Å². The molecule has 0 N–H and O–H groups in total. The molecule has 6 nitrogen and oxygen atoms in total. The van der Waals surface area contributed by atoms with E-state index in [1.165, 1.54) is 186 Å². The molecule has 0 rings (SSSR count). The van der Waals surface area contributed by atoms with E-state index in [1.54, 1.807) is 0 Å². The standard InChI is InChI=1S/C53H100O6/c1-4-7-10-13-16-19-22-24-26-27-29-31-34-37-40-43-46-52(55)58-49-50(48-57-51(54)45-42-39-36-33-30-21-18-15-12-9-6-3)59-53(56)47-44-41-38-35-32-28-25-23-20-17-14-11-8-5-2/h15,18,50H,4-14,16-17,19-49H2,1-3H3/b18-15-/t50-/m1/s1. The number of unbranched alkanes of at least 4 members (excludes halogenated alkanes) is 35. The molecule has 0 fully saturated rings. The third-order valence-corrected chi connectivity index (χ3v) is 11.8. The minimum absolute atomic E-state index is 0.0671. The number of hydrogen-bond acceptors (Lipinski definition) is 6. The van der Waals surface area contributed by atoms with E-state index in [1.807, 2.05) is 0 Å². The smallest absolute Gasteiger partial charge is 0.306 e. The number of carbonyl (C=O) groups is 3. The van der Waals surface area contributed by atoms with Crippen LogP contribution in [0.2, 0.25) is 0 Å². The van der Waals surface area contributed by atoms with Crippen molar-refractivity contribution in [2.45, 2.75) is 297 Å². The van der Waals surface area contributed by atoms with Crippen molar-refractivity contribution in [3.05, 3.63) is 12.2 Å². The molecule has 0 spiro atoms. The lowest BCUT2D eigenvalue weighted by Crippen LogP contribution is -2.30. The fourth-order valence-electron chi connectivity index (χ4n) is 7.78. The molecular formula is C53H100O6. The van der Waals surface area contributed by atoms with Crippen molar-refractivity contribution in [1.82, 2.24) is 0 Å². The topological polar surface area (TPSA) is 78.9 Å². The van der Waals surface area contributed by atoms with Crippen molar-refractivity contribution in [3.8, 4) is 0 Å². The molecule has 6 heteroatoms. The average Bonchev–Trinajstić information content (AvgIpc) is 3.23. The molecule has 0 unspecified atom stereocenters. The number of carbonyl (C=O) groups excluding carboxylic acids is 3. The minimum Gasteiger partial charge on any atom is -0.462 e. The van der Waals surface area contributed by atoms with Crippen LogP contribution in [0.4, 0.5) is 0 Å². The van der Waals surface area contributed by atoms with E-state index in [-0.39, 0.29) is 31.1 Å². The third-order valence-electron chi connectivity index (χ3n) is 11.8. The summed E-state index contributed by atoms with van der Waals surface area (Å²) in [5.41, 5.74) is 0. The van der Waals surface area contributed by atoms with Gasteiger partial charge in [0.15, 0.2) is 6.10 Å². The molecule has 59 heavy (non-hydrogen) atoms. The van der Waals surface area contributed by atoms with Crippen LogP contribution >= 0.6 is 0 Å². The first-order valence-electron chi connectivity index (χ1n) is 26.2. The molecule has 0 aliphatic carbocycles. The van der Waals surface area contributed by atoms with E-state index in [2.05, 4.69) is 32.9 Å². The highest BCUT2D eigenvalue weighted by Gasteiger charge is 2.19. The van der Waals surface area contributed by atoms with Gasteiger partial charge in [-0.3, -0.25) is 14.4 Å². The van der Waals surface area contributed by atoms with E-state index >= 15 is 0 Å². The highest BCUT2D eigenvalue weighted by Crippen LogP contribution is 2.16. The zero-order valence-electron chi connectivity index (χ0n) is 39.8. The molecule has 0 radical (unpaired) electrons. The fourth-order valence-corrected chi connectivity index (χ4v) is 7.78. The van der Waals surface area contributed by atoms with Gasteiger partial charge in [-0.2, -0.15) is 0 Å².